The fourth-order valence-electron chi connectivity index (χ4n) is 2.08. The first kappa shape index (κ1) is 17.0. The lowest BCUT2D eigenvalue weighted by molar-refractivity contribution is 0.647. The van der Waals surface area contributed by atoms with Gasteiger partial charge in [-0.25, -0.2) is 4.98 Å². The normalized spacial score (nSPS) is 11.7. The van der Waals surface area contributed by atoms with Gasteiger partial charge in [-0.2, -0.15) is 0 Å². The van der Waals surface area contributed by atoms with E-state index in [1.54, 1.807) is 11.3 Å². The molecule has 0 aliphatic carbocycles. The molecule has 20 heavy (non-hydrogen) atoms. The van der Waals surface area contributed by atoms with E-state index < -0.39 is 0 Å². The Morgan fingerprint density at radius 3 is 2.50 bits per heavy atom. The van der Waals surface area contributed by atoms with Crippen molar-refractivity contribution in [2.75, 3.05) is 20.1 Å². The number of hydrogen-bond donors (Lipinski definition) is 2. The first-order valence-corrected chi connectivity index (χ1v) is 8.36. The Hall–Kier alpha value is -1.10. The lowest BCUT2D eigenvalue weighted by Gasteiger charge is -2.11. The van der Waals surface area contributed by atoms with E-state index in [4.69, 9.17) is 0 Å². The Bertz CT molecular complexity index is 412. The van der Waals surface area contributed by atoms with Gasteiger partial charge >= 0.3 is 0 Å². The standard InChI is InChI=1S/C15H28N4S/c1-5-6-7-8-10-17-15(16-4)18-11-9-14-12(2)19-13(3)20-14/h5-11H2,1-4H3,(H2,16,17,18). The molecule has 1 aromatic heterocycles. The fraction of sp³-hybridized carbons (Fsp3) is 0.733. The third-order valence-corrected chi connectivity index (χ3v) is 4.32. The van der Waals surface area contributed by atoms with Crippen LogP contribution in [0, 0.1) is 13.8 Å². The Kier molecular flexibility index (Phi) is 8.26. The van der Waals surface area contributed by atoms with Crippen LogP contribution >= 0.6 is 11.3 Å². The molecular weight excluding hydrogens is 268 g/mol. The molecule has 4 nitrogen and oxygen atoms in total. The summed E-state index contributed by atoms with van der Waals surface area (Å²) in [5.41, 5.74) is 1.16. The zero-order valence-electron chi connectivity index (χ0n) is 13.3. The van der Waals surface area contributed by atoms with Gasteiger partial charge in [0.15, 0.2) is 5.96 Å². The van der Waals surface area contributed by atoms with Crippen molar-refractivity contribution in [2.24, 2.45) is 4.99 Å². The molecule has 0 fully saturated rings. The second-order valence-electron chi connectivity index (χ2n) is 4.98. The van der Waals surface area contributed by atoms with Gasteiger partial charge in [0.1, 0.15) is 0 Å². The first-order valence-electron chi connectivity index (χ1n) is 7.54. The highest BCUT2D eigenvalue weighted by atomic mass is 32.1. The molecule has 1 heterocycles. The number of aryl methyl sites for hydroxylation is 2. The highest BCUT2D eigenvalue weighted by Crippen LogP contribution is 2.16. The second kappa shape index (κ2) is 9.75. The number of nitrogens with zero attached hydrogens (tertiary/aromatic N) is 2. The Morgan fingerprint density at radius 2 is 1.90 bits per heavy atom. The largest absolute Gasteiger partial charge is 0.356 e. The Labute approximate surface area is 127 Å². The van der Waals surface area contributed by atoms with E-state index in [0.29, 0.717) is 0 Å². The quantitative estimate of drug-likeness (QED) is 0.440. The summed E-state index contributed by atoms with van der Waals surface area (Å²) in [7, 11) is 1.82. The van der Waals surface area contributed by atoms with Gasteiger partial charge in [0.2, 0.25) is 0 Å². The number of unbranched alkanes of at least 4 members (excludes halogenated alkanes) is 3. The second-order valence-corrected chi connectivity index (χ2v) is 6.27. The van der Waals surface area contributed by atoms with Crippen molar-refractivity contribution in [3.05, 3.63) is 15.6 Å². The van der Waals surface area contributed by atoms with Crippen molar-refractivity contribution in [1.82, 2.24) is 15.6 Å². The van der Waals surface area contributed by atoms with Crippen molar-refractivity contribution in [3.8, 4) is 0 Å². The van der Waals surface area contributed by atoms with Crippen LogP contribution in [0.15, 0.2) is 4.99 Å². The molecule has 0 bridgehead atoms. The summed E-state index contributed by atoms with van der Waals surface area (Å²) >= 11 is 1.79. The van der Waals surface area contributed by atoms with Gasteiger partial charge in [-0.3, -0.25) is 4.99 Å². The summed E-state index contributed by atoms with van der Waals surface area (Å²) < 4.78 is 0. The van der Waals surface area contributed by atoms with Crippen LogP contribution in [0.3, 0.4) is 0 Å². The minimum absolute atomic E-state index is 0.900. The molecule has 0 aliphatic heterocycles. The predicted molar refractivity (Wildman–Crippen MR) is 88.8 cm³/mol. The van der Waals surface area contributed by atoms with Gasteiger partial charge < -0.3 is 10.6 Å². The van der Waals surface area contributed by atoms with E-state index >= 15 is 0 Å². The molecule has 2 N–H and O–H groups in total. The average Bonchev–Trinajstić information content (AvgIpc) is 2.75. The van der Waals surface area contributed by atoms with Crippen LogP contribution in [0.5, 0.6) is 0 Å². The topological polar surface area (TPSA) is 49.3 Å². The maximum absolute atomic E-state index is 4.45. The van der Waals surface area contributed by atoms with Crippen LogP contribution in [0.2, 0.25) is 0 Å². The molecule has 1 rings (SSSR count). The van der Waals surface area contributed by atoms with Gasteiger partial charge in [0.05, 0.1) is 10.7 Å². The number of rotatable bonds is 8. The zero-order valence-corrected chi connectivity index (χ0v) is 14.1. The van der Waals surface area contributed by atoms with E-state index in [2.05, 4.69) is 41.4 Å². The molecule has 0 aliphatic rings. The van der Waals surface area contributed by atoms with Gasteiger partial charge in [-0.1, -0.05) is 26.2 Å². The van der Waals surface area contributed by atoms with Crippen LogP contribution in [0.25, 0.3) is 0 Å². The average molecular weight is 296 g/mol. The number of hydrogen-bond acceptors (Lipinski definition) is 3. The van der Waals surface area contributed by atoms with Crippen LogP contribution < -0.4 is 10.6 Å². The van der Waals surface area contributed by atoms with E-state index in [1.807, 2.05) is 7.05 Å². The molecule has 114 valence electrons. The minimum atomic E-state index is 0.900. The fourth-order valence-corrected chi connectivity index (χ4v) is 3.02. The molecule has 0 aromatic carbocycles. The predicted octanol–water partition coefficient (Wildman–Crippen LogP) is 3.05. The van der Waals surface area contributed by atoms with Crippen LogP contribution in [-0.4, -0.2) is 31.1 Å². The summed E-state index contributed by atoms with van der Waals surface area (Å²) in [5.74, 6) is 0.903. The van der Waals surface area contributed by atoms with E-state index in [-0.39, 0.29) is 0 Å². The molecule has 1 aromatic rings. The highest BCUT2D eigenvalue weighted by molar-refractivity contribution is 7.11. The number of aliphatic imine (C=N–C) groups is 1. The SMILES string of the molecule is CCCCCCNC(=NC)NCCc1sc(C)nc1C. The molecule has 0 saturated heterocycles. The minimum Gasteiger partial charge on any atom is -0.356 e. The zero-order chi connectivity index (χ0) is 14.8. The molecule has 0 atom stereocenters. The molecule has 0 amide bonds. The lowest BCUT2D eigenvalue weighted by Crippen LogP contribution is -2.38. The van der Waals surface area contributed by atoms with Crippen LogP contribution in [0.1, 0.15) is 48.2 Å². The van der Waals surface area contributed by atoms with Crippen molar-refractivity contribution in [1.29, 1.82) is 0 Å². The number of guanidine groups is 1. The number of thiazole rings is 1. The summed E-state index contributed by atoms with van der Waals surface area (Å²) in [6.07, 6.45) is 6.10. The van der Waals surface area contributed by atoms with Crippen molar-refractivity contribution in [2.45, 2.75) is 52.9 Å². The van der Waals surface area contributed by atoms with E-state index in [1.165, 1.54) is 30.6 Å². The highest BCUT2D eigenvalue weighted by Gasteiger charge is 2.04. The number of nitrogens with one attached hydrogen (secondary N) is 2. The summed E-state index contributed by atoms with van der Waals surface area (Å²) in [6, 6.07) is 0. The molecule has 0 unspecified atom stereocenters. The maximum atomic E-state index is 4.45. The number of aromatic nitrogens is 1. The van der Waals surface area contributed by atoms with E-state index in [9.17, 15) is 0 Å². The summed E-state index contributed by atoms with van der Waals surface area (Å²) in [5, 5.41) is 7.87. The van der Waals surface area contributed by atoms with Crippen molar-refractivity contribution < 1.29 is 0 Å². The van der Waals surface area contributed by atoms with Gasteiger partial charge in [0, 0.05) is 31.4 Å². The van der Waals surface area contributed by atoms with Crippen LogP contribution in [0.4, 0.5) is 0 Å². The monoisotopic (exact) mass is 296 g/mol. The van der Waals surface area contributed by atoms with Gasteiger partial charge in [-0.15, -0.1) is 11.3 Å². The molecule has 0 spiro atoms. The summed E-state index contributed by atoms with van der Waals surface area (Å²) in [6.45, 7) is 8.28. The van der Waals surface area contributed by atoms with Crippen LogP contribution in [-0.2, 0) is 6.42 Å². The van der Waals surface area contributed by atoms with Crippen molar-refractivity contribution >= 4 is 17.3 Å². The molecular formula is C15H28N4S. The van der Waals surface area contributed by atoms with Gasteiger partial charge in [0.25, 0.3) is 0 Å². The Balaban J connectivity index is 2.20. The van der Waals surface area contributed by atoms with Crippen molar-refractivity contribution in [3.63, 3.8) is 0 Å². The molecule has 0 radical (unpaired) electrons. The Morgan fingerprint density at radius 1 is 1.15 bits per heavy atom. The third-order valence-electron chi connectivity index (χ3n) is 3.19. The van der Waals surface area contributed by atoms with E-state index in [0.717, 1.165) is 36.2 Å². The lowest BCUT2D eigenvalue weighted by atomic mass is 10.2. The van der Waals surface area contributed by atoms with Gasteiger partial charge in [-0.05, 0) is 20.3 Å². The third kappa shape index (κ3) is 6.37. The first-order chi connectivity index (χ1) is 9.67. The molecule has 5 heteroatoms. The smallest absolute Gasteiger partial charge is 0.190 e. The summed E-state index contributed by atoms with van der Waals surface area (Å²) in [4.78, 5) is 10.1. The maximum Gasteiger partial charge on any atom is 0.190 e. The molecule has 0 saturated carbocycles.